The molecule has 2 fully saturated rings. The van der Waals surface area contributed by atoms with Crippen molar-refractivity contribution in [1.82, 2.24) is 9.88 Å². The Labute approximate surface area is 201 Å². The van der Waals surface area contributed by atoms with Crippen molar-refractivity contribution < 1.29 is 19.4 Å². The van der Waals surface area contributed by atoms with Crippen molar-refractivity contribution in [3.05, 3.63) is 48.7 Å². The van der Waals surface area contributed by atoms with E-state index < -0.39 is 5.97 Å². The predicted octanol–water partition coefficient (Wildman–Crippen LogP) is 3.14. The number of methoxy groups -OCH3 is 1. The lowest BCUT2D eigenvalue weighted by molar-refractivity contribution is -0.144. The summed E-state index contributed by atoms with van der Waals surface area (Å²) in [5.74, 6) is 0.405. The molecule has 0 atom stereocenters. The maximum absolute atomic E-state index is 13.5. The van der Waals surface area contributed by atoms with Crippen LogP contribution >= 0.6 is 0 Å². The third kappa shape index (κ3) is 5.67. The van der Waals surface area contributed by atoms with E-state index in [1.165, 1.54) is 0 Å². The van der Waals surface area contributed by atoms with Crippen LogP contribution in [0.25, 0.3) is 0 Å². The van der Waals surface area contributed by atoms with E-state index in [1.807, 2.05) is 36.4 Å². The maximum atomic E-state index is 13.5. The molecule has 0 radical (unpaired) electrons. The summed E-state index contributed by atoms with van der Waals surface area (Å²) in [5.41, 5.74) is 1.12. The maximum Gasteiger partial charge on any atom is 0.306 e. The third-order valence-electron chi connectivity index (χ3n) is 7.06. The average molecular weight is 467 g/mol. The number of piperazine rings is 1. The first kappa shape index (κ1) is 24.0. The Morgan fingerprint density at radius 1 is 1.00 bits per heavy atom. The third-order valence-corrected chi connectivity index (χ3v) is 7.06. The molecule has 0 bridgehead atoms. The molecular weight excluding hydrogens is 432 g/mol. The second kappa shape index (κ2) is 11.3. The largest absolute Gasteiger partial charge is 0.495 e. The number of hydrogen-bond acceptors (Lipinski definition) is 6. The summed E-state index contributed by atoms with van der Waals surface area (Å²) in [7, 11) is 1.70. The number of benzene rings is 1. The first-order chi connectivity index (χ1) is 16.6. The number of para-hydroxylation sites is 2. The molecule has 8 heteroatoms. The van der Waals surface area contributed by atoms with Gasteiger partial charge in [0.05, 0.1) is 18.7 Å². The molecule has 1 amide bonds. The highest BCUT2D eigenvalue weighted by atomic mass is 16.5. The Bertz CT molecular complexity index is 954. The summed E-state index contributed by atoms with van der Waals surface area (Å²) in [5, 5.41) is 9.28. The van der Waals surface area contributed by atoms with E-state index in [9.17, 15) is 14.7 Å². The zero-order valence-electron chi connectivity index (χ0n) is 19.8. The number of carbonyl (C=O) groups is 2. The molecule has 2 heterocycles. The van der Waals surface area contributed by atoms with Crippen LogP contribution in [0.15, 0.2) is 48.7 Å². The van der Waals surface area contributed by atoms with Crippen molar-refractivity contribution >= 4 is 23.4 Å². The highest BCUT2D eigenvalue weighted by molar-refractivity contribution is 5.94. The fraction of sp³-hybridized carbons (Fsp3) is 0.500. The van der Waals surface area contributed by atoms with Gasteiger partial charge < -0.3 is 14.7 Å². The second-order valence-corrected chi connectivity index (χ2v) is 9.07. The number of rotatable bonds is 8. The standard InChI is InChI=1S/C26H34N4O4/c1-34-23-7-3-2-6-22(23)29-17-14-28(15-18-29)16-19-30(24-8-4-5-13-27-24)25(31)20-9-11-21(12-10-20)26(32)33/h2-8,13,20-21H,9-12,14-19H2,1H3,(H,32,33). The molecule has 1 saturated carbocycles. The van der Waals surface area contributed by atoms with E-state index in [1.54, 1.807) is 18.2 Å². The normalized spacial score (nSPS) is 21.1. The molecule has 1 aliphatic carbocycles. The number of hydrogen-bond donors (Lipinski definition) is 1. The Hall–Kier alpha value is -3.13. The van der Waals surface area contributed by atoms with Crippen LogP contribution in [-0.4, -0.2) is 73.2 Å². The lowest BCUT2D eigenvalue weighted by atomic mass is 9.81. The molecule has 4 rings (SSSR count). The fourth-order valence-electron chi connectivity index (χ4n) is 5.00. The molecule has 1 N–H and O–H groups in total. The molecule has 2 aromatic rings. The summed E-state index contributed by atoms with van der Waals surface area (Å²) >= 11 is 0. The highest BCUT2D eigenvalue weighted by Gasteiger charge is 2.33. The van der Waals surface area contributed by atoms with E-state index >= 15 is 0 Å². The number of aliphatic carboxylic acids is 1. The predicted molar refractivity (Wildman–Crippen MR) is 131 cm³/mol. The second-order valence-electron chi connectivity index (χ2n) is 9.07. The van der Waals surface area contributed by atoms with Crippen molar-refractivity contribution in [2.75, 3.05) is 56.2 Å². The van der Waals surface area contributed by atoms with E-state index in [0.29, 0.717) is 38.0 Å². The lowest BCUT2D eigenvalue weighted by Gasteiger charge is -2.38. The van der Waals surface area contributed by atoms with Crippen LogP contribution in [0.3, 0.4) is 0 Å². The van der Waals surface area contributed by atoms with Gasteiger partial charge in [-0.2, -0.15) is 0 Å². The number of pyridine rings is 1. The SMILES string of the molecule is COc1ccccc1N1CCN(CCN(C(=O)C2CCC(C(=O)O)CC2)c2ccccn2)CC1. The molecule has 1 aliphatic heterocycles. The quantitative estimate of drug-likeness (QED) is 0.640. The van der Waals surface area contributed by atoms with Gasteiger partial charge in [-0.1, -0.05) is 18.2 Å². The van der Waals surface area contributed by atoms with Crippen molar-refractivity contribution in [3.8, 4) is 5.75 Å². The Balaban J connectivity index is 1.36. The zero-order valence-corrected chi connectivity index (χ0v) is 19.8. The van der Waals surface area contributed by atoms with Gasteiger partial charge in [-0.15, -0.1) is 0 Å². The minimum Gasteiger partial charge on any atom is -0.495 e. The van der Waals surface area contributed by atoms with Crippen molar-refractivity contribution in [2.24, 2.45) is 11.8 Å². The van der Waals surface area contributed by atoms with Gasteiger partial charge in [0.25, 0.3) is 0 Å². The number of amides is 1. The van der Waals surface area contributed by atoms with E-state index in [0.717, 1.165) is 44.2 Å². The van der Waals surface area contributed by atoms with Crippen LogP contribution < -0.4 is 14.5 Å². The van der Waals surface area contributed by atoms with Gasteiger partial charge in [0.2, 0.25) is 5.91 Å². The number of carboxylic acid groups (broad SMARTS) is 1. The Morgan fingerprint density at radius 2 is 1.68 bits per heavy atom. The fourth-order valence-corrected chi connectivity index (χ4v) is 5.00. The molecule has 1 aromatic carbocycles. The van der Waals surface area contributed by atoms with Crippen LogP contribution in [-0.2, 0) is 9.59 Å². The molecule has 0 unspecified atom stereocenters. The number of nitrogens with zero attached hydrogens (tertiary/aromatic N) is 4. The summed E-state index contributed by atoms with van der Waals surface area (Å²) in [6.45, 7) is 4.96. The molecule has 182 valence electrons. The van der Waals surface area contributed by atoms with Gasteiger partial charge in [-0.3, -0.25) is 19.4 Å². The number of carboxylic acids is 1. The van der Waals surface area contributed by atoms with Gasteiger partial charge in [-0.05, 0) is 49.9 Å². The summed E-state index contributed by atoms with van der Waals surface area (Å²) in [4.78, 5) is 35.7. The van der Waals surface area contributed by atoms with Crippen LogP contribution in [0, 0.1) is 11.8 Å². The minimum absolute atomic E-state index is 0.0650. The smallest absolute Gasteiger partial charge is 0.306 e. The van der Waals surface area contributed by atoms with Crippen LogP contribution in [0.5, 0.6) is 5.75 Å². The van der Waals surface area contributed by atoms with E-state index in [2.05, 4.69) is 20.9 Å². The molecule has 1 saturated heterocycles. The van der Waals surface area contributed by atoms with Gasteiger partial charge in [0.15, 0.2) is 0 Å². The van der Waals surface area contributed by atoms with Crippen LogP contribution in [0.1, 0.15) is 25.7 Å². The number of anilines is 2. The molecular formula is C26H34N4O4. The van der Waals surface area contributed by atoms with Gasteiger partial charge in [0.1, 0.15) is 11.6 Å². The molecule has 34 heavy (non-hydrogen) atoms. The van der Waals surface area contributed by atoms with Crippen molar-refractivity contribution in [1.29, 1.82) is 0 Å². The van der Waals surface area contributed by atoms with E-state index in [-0.39, 0.29) is 17.7 Å². The topological polar surface area (TPSA) is 86.2 Å². The Morgan fingerprint density at radius 3 is 2.32 bits per heavy atom. The first-order valence-electron chi connectivity index (χ1n) is 12.1. The molecule has 0 spiro atoms. The number of aromatic nitrogens is 1. The summed E-state index contributed by atoms with van der Waals surface area (Å²) in [6, 6.07) is 13.7. The van der Waals surface area contributed by atoms with Gasteiger partial charge in [0, 0.05) is 51.4 Å². The molecule has 1 aromatic heterocycles. The zero-order chi connectivity index (χ0) is 23.9. The monoisotopic (exact) mass is 466 g/mol. The van der Waals surface area contributed by atoms with Crippen LogP contribution in [0.2, 0.25) is 0 Å². The van der Waals surface area contributed by atoms with Gasteiger partial charge >= 0.3 is 5.97 Å². The summed E-state index contributed by atoms with van der Waals surface area (Å²) < 4.78 is 5.52. The highest BCUT2D eigenvalue weighted by Crippen LogP contribution is 2.31. The average Bonchev–Trinajstić information content (AvgIpc) is 2.89. The lowest BCUT2D eigenvalue weighted by Crippen LogP contribution is -2.50. The molecule has 2 aliphatic rings. The van der Waals surface area contributed by atoms with Crippen molar-refractivity contribution in [3.63, 3.8) is 0 Å². The minimum atomic E-state index is -0.750. The van der Waals surface area contributed by atoms with Crippen molar-refractivity contribution in [2.45, 2.75) is 25.7 Å². The number of carbonyl (C=O) groups excluding carboxylic acids is 1. The van der Waals surface area contributed by atoms with Crippen LogP contribution in [0.4, 0.5) is 11.5 Å². The number of ether oxygens (including phenoxy) is 1. The first-order valence-corrected chi connectivity index (χ1v) is 12.1. The van der Waals surface area contributed by atoms with Gasteiger partial charge in [-0.25, -0.2) is 4.98 Å². The molecule has 8 nitrogen and oxygen atoms in total. The Kier molecular flexibility index (Phi) is 8.00. The van der Waals surface area contributed by atoms with E-state index in [4.69, 9.17) is 4.74 Å². The summed E-state index contributed by atoms with van der Waals surface area (Å²) in [6.07, 6.45) is 4.08.